The zero-order valence-corrected chi connectivity index (χ0v) is 21.5. The number of aryl methyl sites for hydroxylation is 1. The predicted octanol–water partition coefficient (Wildman–Crippen LogP) is 7.29. The number of ether oxygens (including phenoxy) is 1. The van der Waals surface area contributed by atoms with E-state index < -0.39 is 0 Å². The van der Waals surface area contributed by atoms with E-state index in [1.807, 2.05) is 103 Å². The van der Waals surface area contributed by atoms with Crippen LogP contribution in [0.4, 0.5) is 10.1 Å². The molecule has 0 radical (unpaired) electrons. The first kappa shape index (κ1) is 23.9. The number of rotatable bonds is 6. The molecule has 0 spiro atoms. The number of aromatic nitrogens is 2. The number of hydrogen-bond acceptors (Lipinski definition) is 3. The van der Waals surface area contributed by atoms with Crippen LogP contribution in [0.25, 0.3) is 5.69 Å². The maximum atomic E-state index is 14.9. The van der Waals surface area contributed by atoms with Gasteiger partial charge in [-0.1, -0.05) is 35.9 Å². The second-order valence-electron chi connectivity index (χ2n) is 9.16. The minimum absolute atomic E-state index is 0.243. The zero-order valence-electron chi connectivity index (χ0n) is 20.7. The van der Waals surface area contributed by atoms with E-state index in [-0.39, 0.29) is 17.9 Å². The highest BCUT2D eigenvalue weighted by atomic mass is 32.1. The first-order valence-electron chi connectivity index (χ1n) is 12.4. The molecule has 5 nitrogen and oxygen atoms in total. The lowest BCUT2D eigenvalue weighted by Gasteiger charge is -2.29. The summed E-state index contributed by atoms with van der Waals surface area (Å²) in [5.74, 6) is 1.21. The van der Waals surface area contributed by atoms with Crippen molar-refractivity contribution >= 4 is 23.0 Å². The van der Waals surface area contributed by atoms with Crippen LogP contribution in [0.2, 0.25) is 0 Å². The quantitative estimate of drug-likeness (QED) is 0.238. The van der Waals surface area contributed by atoms with Crippen molar-refractivity contribution in [3.8, 4) is 17.2 Å². The van der Waals surface area contributed by atoms with Gasteiger partial charge in [0, 0.05) is 23.8 Å². The van der Waals surface area contributed by atoms with Crippen LogP contribution in [0.3, 0.4) is 0 Å². The number of nitrogens with one attached hydrogen (secondary N) is 1. The Morgan fingerprint density at radius 2 is 1.55 bits per heavy atom. The van der Waals surface area contributed by atoms with Gasteiger partial charge in [0.05, 0.1) is 17.4 Å². The van der Waals surface area contributed by atoms with Gasteiger partial charge in [-0.2, -0.15) is 0 Å². The minimum atomic E-state index is -0.294. The lowest BCUT2D eigenvalue weighted by Crippen LogP contribution is -2.30. The molecule has 1 saturated heterocycles. The normalized spacial score (nSPS) is 16.9. The number of thiocarbonyl (C=S) groups is 1. The summed E-state index contributed by atoms with van der Waals surface area (Å²) in [5, 5.41) is 4.04. The van der Waals surface area contributed by atoms with E-state index in [1.54, 1.807) is 18.3 Å². The molecular formula is C31H25FN4OS. The molecule has 0 unspecified atom stereocenters. The van der Waals surface area contributed by atoms with Gasteiger partial charge in [-0.3, -0.25) is 4.98 Å². The van der Waals surface area contributed by atoms with Crippen LogP contribution < -0.4 is 15.0 Å². The smallest absolute Gasteiger partial charge is 0.174 e. The number of para-hydroxylation sites is 1. The maximum absolute atomic E-state index is 14.9. The Labute approximate surface area is 226 Å². The summed E-state index contributed by atoms with van der Waals surface area (Å²) in [6, 6.07) is 31.8. The molecule has 38 heavy (non-hydrogen) atoms. The van der Waals surface area contributed by atoms with Crippen LogP contribution in [0.15, 0.2) is 116 Å². The monoisotopic (exact) mass is 520 g/mol. The standard InChI is InChI=1S/C31H25FN4OS/c1-21-11-15-23(16-12-21)37-24-17-13-22(14-18-24)36-30(29(34-31(36)38)26-8-4-5-19-33-26)28-10-6-20-35(28)27-9-3-2-7-25(27)32/h2-20,29-30H,1H3,(H,34,38)/t29-,30+/m0/s1. The number of anilines is 1. The third-order valence-corrected chi connectivity index (χ3v) is 6.98. The third-order valence-electron chi connectivity index (χ3n) is 6.66. The van der Waals surface area contributed by atoms with Gasteiger partial charge in [0.25, 0.3) is 0 Å². The Morgan fingerprint density at radius 3 is 2.26 bits per heavy atom. The molecule has 3 aromatic carbocycles. The molecule has 0 aliphatic carbocycles. The van der Waals surface area contributed by atoms with Crippen molar-refractivity contribution in [2.45, 2.75) is 19.0 Å². The summed E-state index contributed by atoms with van der Waals surface area (Å²) in [7, 11) is 0. The summed E-state index contributed by atoms with van der Waals surface area (Å²) in [5.41, 5.74) is 4.28. The fraction of sp³-hybridized carbons (Fsp3) is 0.0968. The summed E-state index contributed by atoms with van der Waals surface area (Å²) in [6.45, 7) is 2.04. The maximum Gasteiger partial charge on any atom is 0.174 e. The molecule has 0 saturated carbocycles. The predicted molar refractivity (Wildman–Crippen MR) is 151 cm³/mol. The highest BCUT2D eigenvalue weighted by Crippen LogP contribution is 2.42. The van der Waals surface area contributed by atoms with Crippen molar-refractivity contribution in [3.05, 3.63) is 138 Å². The lowest BCUT2D eigenvalue weighted by molar-refractivity contribution is 0.482. The molecule has 2 atom stereocenters. The molecule has 1 fully saturated rings. The Hall–Kier alpha value is -4.49. The molecular weight excluding hydrogens is 495 g/mol. The fourth-order valence-electron chi connectivity index (χ4n) is 4.85. The molecule has 1 N–H and O–H groups in total. The Kier molecular flexibility index (Phi) is 6.35. The van der Waals surface area contributed by atoms with Crippen molar-refractivity contribution in [1.82, 2.24) is 14.9 Å². The number of pyridine rings is 1. The minimum Gasteiger partial charge on any atom is -0.457 e. The number of nitrogens with zero attached hydrogens (tertiary/aromatic N) is 3. The second kappa shape index (κ2) is 10.1. The van der Waals surface area contributed by atoms with Crippen LogP contribution >= 0.6 is 12.2 Å². The van der Waals surface area contributed by atoms with Crippen LogP contribution in [0.1, 0.15) is 29.0 Å². The average Bonchev–Trinajstić information content (AvgIpc) is 3.55. The summed E-state index contributed by atoms with van der Waals surface area (Å²) < 4.78 is 22.8. The van der Waals surface area contributed by atoms with E-state index in [1.165, 1.54) is 11.6 Å². The molecule has 0 bridgehead atoms. The molecule has 1 aliphatic heterocycles. The van der Waals surface area contributed by atoms with Gasteiger partial charge >= 0.3 is 0 Å². The number of benzene rings is 3. The molecule has 1 aliphatic rings. The van der Waals surface area contributed by atoms with E-state index in [9.17, 15) is 4.39 Å². The Morgan fingerprint density at radius 1 is 0.842 bits per heavy atom. The Balaban J connectivity index is 1.40. The van der Waals surface area contributed by atoms with Gasteiger partial charge in [-0.25, -0.2) is 4.39 Å². The molecule has 6 rings (SSSR count). The summed E-state index contributed by atoms with van der Waals surface area (Å²) in [4.78, 5) is 6.68. The third kappa shape index (κ3) is 4.53. The zero-order chi connectivity index (χ0) is 26.1. The average molecular weight is 521 g/mol. The number of hydrogen-bond donors (Lipinski definition) is 1. The lowest BCUT2D eigenvalue weighted by atomic mass is 10.0. The van der Waals surface area contributed by atoms with Crippen molar-refractivity contribution in [2.24, 2.45) is 0 Å². The number of halogens is 1. The van der Waals surface area contributed by atoms with Crippen molar-refractivity contribution in [2.75, 3.05) is 4.90 Å². The molecule has 0 amide bonds. The molecule has 2 aromatic heterocycles. The van der Waals surface area contributed by atoms with Gasteiger partial charge in [0.1, 0.15) is 23.4 Å². The van der Waals surface area contributed by atoms with Gasteiger partial charge < -0.3 is 19.5 Å². The van der Waals surface area contributed by atoms with Crippen molar-refractivity contribution in [1.29, 1.82) is 0 Å². The van der Waals surface area contributed by atoms with Crippen LogP contribution in [0.5, 0.6) is 11.5 Å². The van der Waals surface area contributed by atoms with Crippen molar-refractivity contribution < 1.29 is 9.13 Å². The van der Waals surface area contributed by atoms with E-state index >= 15 is 0 Å². The van der Waals surface area contributed by atoms with E-state index in [4.69, 9.17) is 17.0 Å². The molecule has 3 heterocycles. The van der Waals surface area contributed by atoms with Crippen LogP contribution in [-0.4, -0.2) is 14.7 Å². The van der Waals surface area contributed by atoms with Crippen molar-refractivity contribution in [3.63, 3.8) is 0 Å². The Bertz CT molecular complexity index is 1570. The second-order valence-corrected chi connectivity index (χ2v) is 9.55. The van der Waals surface area contributed by atoms with Crippen LogP contribution in [-0.2, 0) is 0 Å². The fourth-order valence-corrected chi connectivity index (χ4v) is 5.20. The summed E-state index contributed by atoms with van der Waals surface area (Å²) in [6.07, 6.45) is 3.65. The SMILES string of the molecule is Cc1ccc(Oc2ccc(N3C(=S)N[C@@H](c4ccccn4)[C@H]3c3cccn3-c3ccccc3F)cc2)cc1. The van der Waals surface area contributed by atoms with Gasteiger partial charge in [-0.15, -0.1) is 0 Å². The topological polar surface area (TPSA) is 42.3 Å². The highest BCUT2D eigenvalue weighted by Gasteiger charge is 2.42. The molecule has 5 aromatic rings. The largest absolute Gasteiger partial charge is 0.457 e. The van der Waals surface area contributed by atoms with Gasteiger partial charge in [-0.05, 0) is 91.9 Å². The molecule has 7 heteroatoms. The molecule has 188 valence electrons. The highest BCUT2D eigenvalue weighted by molar-refractivity contribution is 7.80. The van der Waals surface area contributed by atoms with E-state index in [0.717, 1.165) is 28.6 Å². The van der Waals surface area contributed by atoms with E-state index in [2.05, 4.69) is 15.2 Å². The first-order valence-corrected chi connectivity index (χ1v) is 12.8. The first-order chi connectivity index (χ1) is 18.6. The summed E-state index contributed by atoms with van der Waals surface area (Å²) >= 11 is 5.86. The van der Waals surface area contributed by atoms with Gasteiger partial charge in [0.15, 0.2) is 5.11 Å². The van der Waals surface area contributed by atoms with Gasteiger partial charge in [0.2, 0.25) is 0 Å². The van der Waals surface area contributed by atoms with E-state index in [0.29, 0.717) is 10.8 Å². The van der Waals surface area contributed by atoms with Crippen LogP contribution in [0, 0.1) is 12.7 Å².